The molecule has 0 aliphatic carbocycles. The van der Waals surface area contributed by atoms with Crippen LogP contribution in [-0.4, -0.2) is 25.8 Å². The van der Waals surface area contributed by atoms with E-state index >= 15 is 0 Å². The minimum Gasteiger partial charge on any atom is -0.456 e. The summed E-state index contributed by atoms with van der Waals surface area (Å²) in [7, 11) is 3.59. The highest BCUT2D eigenvalue weighted by atomic mass is 16.5. The summed E-state index contributed by atoms with van der Waals surface area (Å²) in [6, 6.07) is 32.1. The number of fused-ring (bicyclic) bond motifs is 5. The Kier molecular flexibility index (Phi) is 5.63. The van der Waals surface area contributed by atoms with Gasteiger partial charge in [-0.3, -0.25) is 0 Å². The Labute approximate surface area is 218 Å². The van der Waals surface area contributed by atoms with Gasteiger partial charge in [-0.15, -0.1) is 0 Å². The molecule has 6 aromatic rings. The van der Waals surface area contributed by atoms with Crippen molar-refractivity contribution >= 4 is 56.4 Å². The van der Waals surface area contributed by atoms with Crippen LogP contribution in [0.1, 0.15) is 27.7 Å². The lowest BCUT2D eigenvalue weighted by Gasteiger charge is -2.40. The van der Waals surface area contributed by atoms with Crippen molar-refractivity contribution in [2.75, 3.05) is 7.11 Å². The van der Waals surface area contributed by atoms with Crippen molar-refractivity contribution in [3.8, 4) is 11.1 Å². The van der Waals surface area contributed by atoms with Crippen molar-refractivity contribution in [3.63, 3.8) is 0 Å². The Bertz CT molecular complexity index is 1780. The highest BCUT2D eigenvalue weighted by molar-refractivity contribution is 6.51. The van der Waals surface area contributed by atoms with Crippen molar-refractivity contribution in [3.05, 3.63) is 91.0 Å². The fourth-order valence-electron chi connectivity index (χ4n) is 4.91. The number of furan rings is 1. The molecule has 0 saturated carbocycles. The number of hydrogen-bond acceptors (Lipinski definition) is 3. The molecule has 0 aliphatic heterocycles. The average molecular weight is 485 g/mol. The van der Waals surface area contributed by atoms with Gasteiger partial charge in [0.25, 0.3) is 0 Å². The van der Waals surface area contributed by atoms with E-state index in [0.29, 0.717) is 0 Å². The molecule has 1 radical (unpaired) electrons. The molecule has 1 heterocycles. The van der Waals surface area contributed by atoms with E-state index in [2.05, 4.69) is 105 Å². The smallest absolute Gasteiger partial charge is 0.331 e. The number of benzene rings is 5. The zero-order valence-electron chi connectivity index (χ0n) is 22.0. The Morgan fingerprint density at radius 3 is 2.05 bits per heavy atom. The van der Waals surface area contributed by atoms with Gasteiger partial charge in [0.05, 0.1) is 11.2 Å². The van der Waals surface area contributed by atoms with Crippen molar-refractivity contribution in [1.29, 1.82) is 0 Å². The fraction of sp³-hybridized carbons (Fsp3) is 0.212. The van der Waals surface area contributed by atoms with Gasteiger partial charge in [-0.05, 0) is 90.1 Å². The molecule has 0 fully saturated rings. The average Bonchev–Trinajstić information content (AvgIpc) is 3.26. The van der Waals surface area contributed by atoms with E-state index in [1.54, 1.807) is 7.11 Å². The Morgan fingerprint density at radius 2 is 1.30 bits per heavy atom. The summed E-state index contributed by atoms with van der Waals surface area (Å²) in [5.74, 6) is 0. The first-order valence-corrected chi connectivity index (χ1v) is 12.7. The fourth-order valence-corrected chi connectivity index (χ4v) is 4.91. The van der Waals surface area contributed by atoms with Crippen LogP contribution in [0.5, 0.6) is 0 Å². The molecule has 183 valence electrons. The van der Waals surface area contributed by atoms with E-state index in [1.807, 2.05) is 21.3 Å². The van der Waals surface area contributed by atoms with Gasteiger partial charge >= 0.3 is 7.48 Å². The molecule has 0 atom stereocenters. The second-order valence-corrected chi connectivity index (χ2v) is 10.7. The molecule has 0 bridgehead atoms. The van der Waals surface area contributed by atoms with Crippen LogP contribution in [0.4, 0.5) is 0 Å². The normalized spacial score (nSPS) is 12.7. The van der Waals surface area contributed by atoms with Crippen LogP contribution >= 0.6 is 0 Å². The zero-order chi connectivity index (χ0) is 25.8. The van der Waals surface area contributed by atoms with Crippen LogP contribution in [0.15, 0.2) is 95.4 Å². The van der Waals surface area contributed by atoms with Gasteiger partial charge in [-0.25, -0.2) is 0 Å². The molecule has 3 nitrogen and oxygen atoms in total. The van der Waals surface area contributed by atoms with Gasteiger partial charge < -0.3 is 13.8 Å². The highest BCUT2D eigenvalue weighted by Gasteiger charge is 2.38. The number of methoxy groups -OCH3 is 1. The third kappa shape index (κ3) is 4.01. The maximum absolute atomic E-state index is 6.29. The van der Waals surface area contributed by atoms with Gasteiger partial charge in [0.15, 0.2) is 0 Å². The van der Waals surface area contributed by atoms with Crippen molar-refractivity contribution in [2.24, 2.45) is 0 Å². The summed E-state index contributed by atoms with van der Waals surface area (Å²) in [4.78, 5) is 0. The van der Waals surface area contributed by atoms with Gasteiger partial charge in [0.2, 0.25) is 0 Å². The summed E-state index contributed by atoms with van der Waals surface area (Å²) in [6.07, 6.45) is 0. The summed E-state index contributed by atoms with van der Waals surface area (Å²) < 4.78 is 18.2. The quantitative estimate of drug-likeness (QED) is 0.224. The van der Waals surface area contributed by atoms with E-state index in [0.717, 1.165) is 38.4 Å². The minimum atomic E-state index is -0.501. The van der Waals surface area contributed by atoms with E-state index in [9.17, 15) is 0 Å². The predicted octanol–water partition coefficient (Wildman–Crippen LogP) is 8.02. The summed E-state index contributed by atoms with van der Waals surface area (Å²) in [5, 5.41) is 7.00. The second-order valence-electron chi connectivity index (χ2n) is 10.7. The molecule has 37 heavy (non-hydrogen) atoms. The highest BCUT2D eigenvalue weighted by Crippen LogP contribution is 2.36. The molecule has 6 rings (SSSR count). The van der Waals surface area contributed by atoms with E-state index < -0.39 is 11.2 Å². The van der Waals surface area contributed by atoms with Gasteiger partial charge in [0, 0.05) is 17.9 Å². The maximum Gasteiger partial charge on any atom is 0.331 e. The largest absolute Gasteiger partial charge is 0.456 e. The standard InChI is InChI=1S/C33H30BO3/c1-32(2,35-5)33(3,4)37-34-29-16-15-24(25-12-8-9-13-26(25)29)23-14-17-30-27(19-23)28-18-21-10-6-7-11-22(21)20-31(28)36-30/h6-20H,1-5H3. The SMILES string of the molecule is COC(C)(C)C(C)(C)O[B]c1ccc(-c2ccc3oc4cc5ccccc5cc4c3c2)c2ccccc12. The molecule has 4 heteroatoms. The lowest BCUT2D eigenvalue weighted by atomic mass is 9.79. The molecule has 0 aliphatic rings. The first-order chi connectivity index (χ1) is 17.8. The van der Waals surface area contributed by atoms with Gasteiger partial charge in [-0.2, -0.15) is 0 Å². The molecule has 0 saturated heterocycles. The molecule has 0 N–H and O–H groups in total. The maximum atomic E-state index is 6.29. The van der Waals surface area contributed by atoms with E-state index in [-0.39, 0.29) is 0 Å². The first-order valence-electron chi connectivity index (χ1n) is 12.7. The predicted molar refractivity (Wildman–Crippen MR) is 156 cm³/mol. The van der Waals surface area contributed by atoms with E-state index in [1.165, 1.54) is 21.7 Å². The van der Waals surface area contributed by atoms with E-state index in [4.69, 9.17) is 13.8 Å². The topological polar surface area (TPSA) is 31.6 Å². The number of rotatable bonds is 6. The molecular formula is C33H30BO3. The number of hydrogen-bond donors (Lipinski definition) is 0. The summed E-state index contributed by atoms with van der Waals surface area (Å²) in [6.45, 7) is 8.19. The lowest BCUT2D eigenvalue weighted by molar-refractivity contribution is -0.114. The lowest BCUT2D eigenvalue weighted by Crippen LogP contribution is -2.50. The third-order valence-electron chi connectivity index (χ3n) is 8.05. The van der Waals surface area contributed by atoms with Crippen LogP contribution in [0.3, 0.4) is 0 Å². The van der Waals surface area contributed by atoms with Crippen LogP contribution in [-0.2, 0) is 9.39 Å². The molecular weight excluding hydrogens is 455 g/mol. The van der Waals surface area contributed by atoms with Crippen molar-refractivity contribution in [2.45, 2.75) is 38.9 Å². The van der Waals surface area contributed by atoms with Crippen LogP contribution in [0, 0.1) is 0 Å². The van der Waals surface area contributed by atoms with Crippen LogP contribution in [0.2, 0.25) is 0 Å². The Balaban J connectivity index is 1.43. The second kappa shape index (κ2) is 8.76. The Morgan fingerprint density at radius 1 is 0.622 bits per heavy atom. The summed E-state index contributed by atoms with van der Waals surface area (Å²) >= 11 is 0. The molecule has 1 aromatic heterocycles. The van der Waals surface area contributed by atoms with Crippen LogP contribution < -0.4 is 5.46 Å². The minimum absolute atomic E-state index is 0.437. The summed E-state index contributed by atoms with van der Waals surface area (Å²) in [5.41, 5.74) is 4.26. The monoisotopic (exact) mass is 485 g/mol. The third-order valence-corrected chi connectivity index (χ3v) is 8.05. The molecule has 0 spiro atoms. The molecule has 5 aromatic carbocycles. The molecule has 0 unspecified atom stereocenters. The zero-order valence-corrected chi connectivity index (χ0v) is 22.0. The van der Waals surface area contributed by atoms with Gasteiger partial charge in [0.1, 0.15) is 11.2 Å². The van der Waals surface area contributed by atoms with Crippen molar-refractivity contribution in [1.82, 2.24) is 0 Å². The van der Waals surface area contributed by atoms with Crippen molar-refractivity contribution < 1.29 is 13.8 Å². The van der Waals surface area contributed by atoms with Gasteiger partial charge in [-0.1, -0.05) is 66.7 Å². The molecule has 0 amide bonds. The first kappa shape index (κ1) is 23.8. The Hall–Kier alpha value is -3.60. The van der Waals surface area contributed by atoms with Crippen LogP contribution in [0.25, 0.3) is 54.6 Å². The number of ether oxygens (including phenoxy) is 1.